The van der Waals surface area contributed by atoms with Crippen LogP contribution in [0.5, 0.6) is 0 Å². The lowest BCUT2D eigenvalue weighted by Gasteiger charge is -2.14. The minimum Gasteiger partial charge on any atom is -0.468 e. The molecular formula is C18H21NO5S2. The largest absolute Gasteiger partial charge is 0.468 e. The minimum atomic E-state index is -3.66. The molecule has 0 radical (unpaired) electrons. The lowest BCUT2D eigenvalue weighted by Crippen LogP contribution is -2.31. The second-order valence-electron chi connectivity index (χ2n) is 6.41. The average Bonchev–Trinajstić information content (AvgIpc) is 3.26. The van der Waals surface area contributed by atoms with Crippen molar-refractivity contribution in [3.8, 4) is 0 Å². The van der Waals surface area contributed by atoms with Gasteiger partial charge in [-0.15, -0.1) is 0 Å². The molecule has 0 amide bonds. The van der Waals surface area contributed by atoms with Gasteiger partial charge in [-0.05, 0) is 37.1 Å². The maximum absolute atomic E-state index is 12.5. The molecule has 2 heterocycles. The van der Waals surface area contributed by atoms with Gasteiger partial charge in [-0.25, -0.2) is 16.8 Å². The number of aryl methyl sites for hydroxylation is 1. The molecule has 1 unspecified atom stereocenters. The second-order valence-corrected chi connectivity index (χ2v) is 10.5. The summed E-state index contributed by atoms with van der Waals surface area (Å²) < 4.78 is 56.3. The number of hydrogen-bond acceptors (Lipinski definition) is 5. The van der Waals surface area contributed by atoms with Crippen LogP contribution in [0.15, 0.2) is 52.5 Å². The standard InChI is InChI=1S/C18H21NO5S2/c1-15-4-6-16(7-5-15)9-12-26(22,23)19-10-8-18(13-19)25(20,21)14-17-3-2-11-24-17/h2-7,9,11-12,18H,8,10,13-14H2,1H3. The number of furan rings is 1. The normalized spacial score (nSPS) is 19.3. The van der Waals surface area contributed by atoms with Crippen LogP contribution >= 0.6 is 0 Å². The van der Waals surface area contributed by atoms with Crippen molar-refractivity contribution in [1.82, 2.24) is 4.31 Å². The van der Waals surface area contributed by atoms with Crippen LogP contribution < -0.4 is 0 Å². The van der Waals surface area contributed by atoms with Crippen molar-refractivity contribution in [3.63, 3.8) is 0 Å². The molecule has 1 aliphatic rings. The van der Waals surface area contributed by atoms with Crippen LogP contribution in [0.1, 0.15) is 23.3 Å². The van der Waals surface area contributed by atoms with Gasteiger partial charge in [0, 0.05) is 18.5 Å². The molecule has 0 aliphatic carbocycles. The molecule has 0 saturated carbocycles. The first-order chi connectivity index (χ1) is 12.3. The Hall–Kier alpha value is -1.90. The molecule has 1 atom stereocenters. The van der Waals surface area contributed by atoms with Crippen molar-refractivity contribution in [3.05, 3.63) is 65.0 Å². The predicted molar refractivity (Wildman–Crippen MR) is 100 cm³/mol. The Morgan fingerprint density at radius 1 is 1.15 bits per heavy atom. The monoisotopic (exact) mass is 395 g/mol. The smallest absolute Gasteiger partial charge is 0.236 e. The molecule has 1 fully saturated rings. The molecule has 6 nitrogen and oxygen atoms in total. The van der Waals surface area contributed by atoms with E-state index in [1.807, 2.05) is 31.2 Å². The molecule has 0 N–H and O–H groups in total. The quantitative estimate of drug-likeness (QED) is 0.750. The predicted octanol–water partition coefficient (Wildman–Crippen LogP) is 2.58. The van der Waals surface area contributed by atoms with Gasteiger partial charge in [-0.3, -0.25) is 0 Å². The summed E-state index contributed by atoms with van der Waals surface area (Å²) in [5.41, 5.74) is 1.87. The highest BCUT2D eigenvalue weighted by Crippen LogP contribution is 2.24. The van der Waals surface area contributed by atoms with Crippen LogP contribution in [-0.4, -0.2) is 39.5 Å². The zero-order chi connectivity index (χ0) is 18.8. The third kappa shape index (κ3) is 4.44. The van der Waals surface area contributed by atoms with Crippen molar-refractivity contribution >= 4 is 25.9 Å². The molecule has 0 spiro atoms. The molecule has 140 valence electrons. The minimum absolute atomic E-state index is 0.0242. The summed E-state index contributed by atoms with van der Waals surface area (Å²) in [5, 5.41) is 0.425. The van der Waals surface area contributed by atoms with E-state index in [9.17, 15) is 16.8 Å². The van der Waals surface area contributed by atoms with Gasteiger partial charge in [0.1, 0.15) is 11.5 Å². The van der Waals surface area contributed by atoms with Crippen LogP contribution in [0.25, 0.3) is 6.08 Å². The number of hydrogen-bond donors (Lipinski definition) is 0. The summed E-state index contributed by atoms with van der Waals surface area (Å²) in [4.78, 5) is 0. The maximum atomic E-state index is 12.5. The fraction of sp³-hybridized carbons (Fsp3) is 0.333. The van der Waals surface area contributed by atoms with Crippen LogP contribution in [0.2, 0.25) is 0 Å². The maximum Gasteiger partial charge on any atom is 0.236 e. The summed E-state index contributed by atoms with van der Waals surface area (Å²) in [6, 6.07) is 10.7. The van der Waals surface area contributed by atoms with Crippen molar-refractivity contribution < 1.29 is 21.3 Å². The molecule has 3 rings (SSSR count). The first-order valence-electron chi connectivity index (χ1n) is 8.25. The number of rotatable bonds is 6. The van der Waals surface area contributed by atoms with Crippen LogP contribution in [0.3, 0.4) is 0 Å². The third-order valence-corrected chi connectivity index (χ3v) is 8.03. The van der Waals surface area contributed by atoms with Gasteiger partial charge in [0.2, 0.25) is 10.0 Å². The summed E-state index contributed by atoms with van der Waals surface area (Å²) >= 11 is 0. The van der Waals surface area contributed by atoms with Crippen LogP contribution in [0.4, 0.5) is 0 Å². The Morgan fingerprint density at radius 2 is 1.88 bits per heavy atom. The molecule has 0 bridgehead atoms. The van der Waals surface area contributed by atoms with E-state index in [-0.39, 0.29) is 18.8 Å². The molecule has 1 aromatic heterocycles. The lowest BCUT2D eigenvalue weighted by molar-refractivity contribution is 0.485. The second kappa shape index (κ2) is 7.38. The van der Waals surface area contributed by atoms with Gasteiger partial charge in [0.15, 0.2) is 9.84 Å². The SMILES string of the molecule is Cc1ccc(C=CS(=O)(=O)N2CCC(S(=O)(=O)Cc3ccco3)C2)cc1. The Balaban J connectivity index is 1.68. The zero-order valence-electron chi connectivity index (χ0n) is 14.4. The van der Waals surface area contributed by atoms with E-state index in [0.29, 0.717) is 12.2 Å². The summed E-state index contributed by atoms with van der Waals surface area (Å²) in [6.45, 7) is 2.13. The molecule has 1 aliphatic heterocycles. The first-order valence-corrected chi connectivity index (χ1v) is 11.5. The Labute approximate surface area is 154 Å². The summed E-state index contributed by atoms with van der Waals surface area (Å²) in [5.74, 6) is 0.156. The van der Waals surface area contributed by atoms with E-state index in [0.717, 1.165) is 16.5 Å². The van der Waals surface area contributed by atoms with Crippen molar-refractivity contribution in [2.75, 3.05) is 13.1 Å². The van der Waals surface area contributed by atoms with E-state index < -0.39 is 25.1 Å². The lowest BCUT2D eigenvalue weighted by atomic mass is 10.2. The average molecular weight is 396 g/mol. The van der Waals surface area contributed by atoms with Gasteiger partial charge in [-0.2, -0.15) is 4.31 Å². The first kappa shape index (κ1) is 18.9. The third-order valence-electron chi connectivity index (χ3n) is 4.41. The number of nitrogens with zero attached hydrogens (tertiary/aromatic N) is 1. The van der Waals surface area contributed by atoms with Crippen molar-refractivity contribution in [1.29, 1.82) is 0 Å². The van der Waals surface area contributed by atoms with E-state index in [1.165, 1.54) is 16.6 Å². The van der Waals surface area contributed by atoms with E-state index in [4.69, 9.17) is 4.42 Å². The van der Waals surface area contributed by atoms with Gasteiger partial charge in [-0.1, -0.05) is 29.8 Å². The molecular weight excluding hydrogens is 374 g/mol. The van der Waals surface area contributed by atoms with Crippen LogP contribution in [-0.2, 0) is 25.6 Å². The van der Waals surface area contributed by atoms with Crippen molar-refractivity contribution in [2.24, 2.45) is 0 Å². The molecule has 1 aromatic carbocycles. The highest BCUT2D eigenvalue weighted by atomic mass is 32.2. The molecule has 2 aromatic rings. The number of sulfonamides is 1. The van der Waals surface area contributed by atoms with E-state index in [1.54, 1.807) is 12.1 Å². The van der Waals surface area contributed by atoms with E-state index >= 15 is 0 Å². The number of benzene rings is 1. The van der Waals surface area contributed by atoms with Gasteiger partial charge in [0.05, 0.1) is 11.5 Å². The van der Waals surface area contributed by atoms with Gasteiger partial charge in [0.25, 0.3) is 0 Å². The molecule has 1 saturated heterocycles. The van der Waals surface area contributed by atoms with Crippen molar-refractivity contribution in [2.45, 2.75) is 24.3 Å². The molecule has 8 heteroatoms. The molecule has 26 heavy (non-hydrogen) atoms. The Bertz CT molecular complexity index is 975. The topological polar surface area (TPSA) is 84.7 Å². The zero-order valence-corrected chi connectivity index (χ0v) is 16.0. The summed E-state index contributed by atoms with van der Waals surface area (Å²) in [7, 11) is -7.13. The fourth-order valence-corrected chi connectivity index (χ4v) is 5.87. The summed E-state index contributed by atoms with van der Waals surface area (Å²) in [6.07, 6.45) is 3.24. The Morgan fingerprint density at radius 3 is 2.54 bits per heavy atom. The van der Waals surface area contributed by atoms with Gasteiger partial charge < -0.3 is 4.42 Å². The van der Waals surface area contributed by atoms with Crippen LogP contribution in [0, 0.1) is 6.92 Å². The number of sulfone groups is 1. The Kier molecular flexibility index (Phi) is 5.36. The van der Waals surface area contributed by atoms with E-state index in [2.05, 4.69) is 0 Å². The van der Waals surface area contributed by atoms with Gasteiger partial charge >= 0.3 is 0 Å². The fourth-order valence-electron chi connectivity index (χ4n) is 2.86. The highest BCUT2D eigenvalue weighted by molar-refractivity contribution is 7.92. The highest BCUT2D eigenvalue weighted by Gasteiger charge is 2.37.